The van der Waals surface area contributed by atoms with E-state index in [1.807, 2.05) is 0 Å². The van der Waals surface area contributed by atoms with Crippen molar-refractivity contribution in [2.45, 2.75) is 31.6 Å². The minimum absolute atomic E-state index is 0.0289. The molecule has 6 heteroatoms. The Morgan fingerprint density at radius 1 is 1.46 bits per heavy atom. The van der Waals surface area contributed by atoms with Gasteiger partial charge in [0.15, 0.2) is 0 Å². The van der Waals surface area contributed by atoms with Crippen molar-refractivity contribution in [3.63, 3.8) is 0 Å². The van der Waals surface area contributed by atoms with E-state index in [-0.39, 0.29) is 18.6 Å². The van der Waals surface area contributed by atoms with E-state index in [0.29, 0.717) is 12.8 Å². The molecule has 0 spiro atoms. The molecule has 0 amide bonds. The zero-order valence-electron chi connectivity index (χ0n) is 6.97. The van der Waals surface area contributed by atoms with Gasteiger partial charge >= 0.3 is 0 Å². The third kappa shape index (κ3) is 3.38. The molecule has 0 radical (unpaired) electrons. The third-order valence-electron chi connectivity index (χ3n) is 2.37. The van der Waals surface area contributed by atoms with Crippen LogP contribution in [0.15, 0.2) is 0 Å². The zero-order chi connectivity index (χ0) is 10.1. The number of rotatable bonds is 3. The smallest absolute Gasteiger partial charge is 0.212 e. The summed E-state index contributed by atoms with van der Waals surface area (Å²) in [7, 11) is 1.31. The summed E-state index contributed by atoms with van der Waals surface area (Å²) in [4.78, 5) is 0. The molecule has 0 aromatic carbocycles. The van der Waals surface area contributed by atoms with Gasteiger partial charge in [0.2, 0.25) is 9.05 Å². The molecule has 0 N–H and O–H groups in total. The minimum Gasteiger partial charge on any atom is -0.212 e. The van der Waals surface area contributed by atoms with Crippen LogP contribution in [0.4, 0.5) is 8.78 Å². The van der Waals surface area contributed by atoms with E-state index in [2.05, 4.69) is 0 Å². The van der Waals surface area contributed by atoms with E-state index < -0.39 is 20.9 Å². The Bertz CT molecular complexity index is 276. The maximum absolute atomic E-state index is 12.9. The van der Waals surface area contributed by atoms with Gasteiger partial charge in [-0.2, -0.15) is 0 Å². The van der Waals surface area contributed by atoms with Crippen molar-refractivity contribution < 1.29 is 17.2 Å². The number of hydrogen-bond acceptors (Lipinski definition) is 2. The minimum atomic E-state index is -3.62. The summed E-state index contributed by atoms with van der Waals surface area (Å²) in [6, 6.07) is 0. The molecule has 0 bridgehead atoms. The van der Waals surface area contributed by atoms with Crippen LogP contribution in [-0.2, 0) is 9.05 Å². The molecule has 0 aromatic rings. The third-order valence-corrected chi connectivity index (χ3v) is 3.56. The van der Waals surface area contributed by atoms with Gasteiger partial charge in [-0.25, -0.2) is 17.2 Å². The molecular weight excluding hydrogens is 222 g/mol. The summed E-state index contributed by atoms with van der Waals surface area (Å²) in [6.07, 6.45) is 0.720. The van der Waals surface area contributed by atoms with Crippen LogP contribution < -0.4 is 0 Å². The van der Waals surface area contributed by atoms with E-state index in [4.69, 9.17) is 10.7 Å². The highest BCUT2D eigenvalue weighted by atomic mass is 35.7. The van der Waals surface area contributed by atoms with Crippen LogP contribution in [0.25, 0.3) is 0 Å². The molecule has 2 nitrogen and oxygen atoms in total. The van der Waals surface area contributed by atoms with Gasteiger partial charge in [0.05, 0.1) is 5.75 Å². The Morgan fingerprint density at radius 3 is 2.46 bits per heavy atom. The van der Waals surface area contributed by atoms with Gasteiger partial charge in [-0.1, -0.05) is 0 Å². The normalized spacial score (nSPS) is 27.8. The standard InChI is InChI=1S/C7H11ClF2O2S/c8-13(11,12)5-3-6-2-1-4-7(6,9)10/h6H,1-5H2. The predicted molar refractivity (Wildman–Crippen MR) is 46.5 cm³/mol. The van der Waals surface area contributed by atoms with Crippen LogP contribution in [0.3, 0.4) is 0 Å². The topological polar surface area (TPSA) is 34.1 Å². The molecular formula is C7H11ClF2O2S. The van der Waals surface area contributed by atoms with Gasteiger partial charge in [0.25, 0.3) is 5.92 Å². The van der Waals surface area contributed by atoms with Crippen molar-refractivity contribution in [2.24, 2.45) is 5.92 Å². The lowest BCUT2D eigenvalue weighted by atomic mass is 10.0. The van der Waals surface area contributed by atoms with Gasteiger partial charge in [-0.3, -0.25) is 0 Å². The molecule has 1 saturated carbocycles. The van der Waals surface area contributed by atoms with Crippen LogP contribution in [-0.4, -0.2) is 20.1 Å². The van der Waals surface area contributed by atoms with Crippen molar-refractivity contribution >= 4 is 19.7 Å². The Hall–Kier alpha value is 0.1000. The SMILES string of the molecule is O=S(=O)(Cl)CCC1CCCC1(F)F. The Labute approximate surface area is 80.7 Å². The molecule has 1 aliphatic carbocycles. The summed E-state index contributed by atoms with van der Waals surface area (Å²) < 4.78 is 46.9. The lowest BCUT2D eigenvalue weighted by Gasteiger charge is -2.17. The van der Waals surface area contributed by atoms with Gasteiger partial charge in [-0.15, -0.1) is 0 Å². The molecule has 0 aromatic heterocycles. The van der Waals surface area contributed by atoms with Crippen LogP contribution >= 0.6 is 10.7 Å². The summed E-state index contributed by atoms with van der Waals surface area (Å²) >= 11 is 0. The van der Waals surface area contributed by atoms with Crippen LogP contribution in [0, 0.1) is 5.92 Å². The van der Waals surface area contributed by atoms with Gasteiger partial charge in [0.1, 0.15) is 0 Å². The van der Waals surface area contributed by atoms with Crippen LogP contribution in [0.5, 0.6) is 0 Å². The van der Waals surface area contributed by atoms with E-state index in [1.54, 1.807) is 0 Å². The Morgan fingerprint density at radius 2 is 2.08 bits per heavy atom. The average Bonchev–Trinajstić information content (AvgIpc) is 2.23. The first-order valence-corrected chi connectivity index (χ1v) is 6.59. The fraction of sp³-hybridized carbons (Fsp3) is 1.00. The van der Waals surface area contributed by atoms with Crippen molar-refractivity contribution in [3.8, 4) is 0 Å². The lowest BCUT2D eigenvalue weighted by molar-refractivity contribution is -0.0373. The van der Waals surface area contributed by atoms with E-state index >= 15 is 0 Å². The molecule has 1 aliphatic rings. The molecule has 1 unspecified atom stereocenters. The highest BCUT2D eigenvalue weighted by molar-refractivity contribution is 8.13. The highest BCUT2D eigenvalue weighted by Crippen LogP contribution is 2.42. The zero-order valence-corrected chi connectivity index (χ0v) is 8.54. The molecule has 0 saturated heterocycles. The number of hydrogen-bond donors (Lipinski definition) is 0. The van der Waals surface area contributed by atoms with Gasteiger partial charge in [0, 0.05) is 23.0 Å². The van der Waals surface area contributed by atoms with E-state index in [9.17, 15) is 17.2 Å². The van der Waals surface area contributed by atoms with Gasteiger partial charge < -0.3 is 0 Å². The van der Waals surface area contributed by atoms with Crippen molar-refractivity contribution in [1.82, 2.24) is 0 Å². The highest BCUT2D eigenvalue weighted by Gasteiger charge is 2.43. The first-order valence-electron chi connectivity index (χ1n) is 4.11. The summed E-state index contributed by atoms with van der Waals surface area (Å²) in [6.45, 7) is 0. The molecule has 78 valence electrons. The van der Waals surface area contributed by atoms with Gasteiger partial charge in [-0.05, 0) is 19.3 Å². The molecule has 1 rings (SSSR count). The summed E-state index contributed by atoms with van der Waals surface area (Å²) in [5.74, 6) is -3.85. The summed E-state index contributed by atoms with van der Waals surface area (Å²) in [5.41, 5.74) is 0. The first kappa shape index (κ1) is 11.2. The monoisotopic (exact) mass is 232 g/mol. The maximum atomic E-state index is 12.9. The molecule has 1 fully saturated rings. The van der Waals surface area contributed by atoms with E-state index in [0.717, 1.165) is 0 Å². The van der Waals surface area contributed by atoms with E-state index in [1.165, 1.54) is 0 Å². The number of halogens is 3. The summed E-state index contributed by atoms with van der Waals surface area (Å²) in [5, 5.41) is 0. The lowest BCUT2D eigenvalue weighted by Crippen LogP contribution is -2.23. The second-order valence-corrected chi connectivity index (χ2v) is 6.28. The van der Waals surface area contributed by atoms with Crippen molar-refractivity contribution in [3.05, 3.63) is 0 Å². The largest absolute Gasteiger partial charge is 0.250 e. The fourth-order valence-electron chi connectivity index (χ4n) is 1.64. The average molecular weight is 233 g/mol. The quantitative estimate of drug-likeness (QED) is 0.701. The predicted octanol–water partition coefficient (Wildman–Crippen LogP) is 2.38. The number of alkyl halides is 2. The second kappa shape index (κ2) is 3.69. The maximum Gasteiger partial charge on any atom is 0.250 e. The van der Waals surface area contributed by atoms with Crippen LogP contribution in [0.1, 0.15) is 25.7 Å². The molecule has 0 heterocycles. The van der Waals surface area contributed by atoms with Crippen molar-refractivity contribution in [2.75, 3.05) is 5.75 Å². The van der Waals surface area contributed by atoms with Crippen molar-refractivity contribution in [1.29, 1.82) is 0 Å². The molecule has 1 atom stereocenters. The van der Waals surface area contributed by atoms with Crippen LogP contribution in [0.2, 0.25) is 0 Å². The first-order chi connectivity index (χ1) is 5.81. The Kier molecular flexibility index (Phi) is 3.17. The fourth-order valence-corrected chi connectivity index (χ4v) is 2.47. The second-order valence-electron chi connectivity index (χ2n) is 3.38. The Balaban J connectivity index is 2.46. The molecule has 13 heavy (non-hydrogen) atoms. The molecule has 0 aliphatic heterocycles.